The Balaban J connectivity index is 1.63. The van der Waals surface area contributed by atoms with Gasteiger partial charge in [-0.3, -0.25) is 0 Å². The molecular weight excluding hydrogens is 250 g/mol. The summed E-state index contributed by atoms with van der Waals surface area (Å²) in [5.41, 5.74) is 0. The lowest BCUT2D eigenvalue weighted by Crippen LogP contribution is -2.18. The van der Waals surface area contributed by atoms with Gasteiger partial charge < -0.3 is 9.84 Å². The predicted molar refractivity (Wildman–Crippen MR) is 78.6 cm³/mol. The van der Waals surface area contributed by atoms with Crippen LogP contribution in [0.1, 0.15) is 70.0 Å². The van der Waals surface area contributed by atoms with Crippen LogP contribution in [0, 0.1) is 17.8 Å². The third kappa shape index (κ3) is 2.76. The highest BCUT2D eigenvalue weighted by Crippen LogP contribution is 2.38. The fraction of sp³-hybridized carbons (Fsp3) is 0.875. The molecule has 4 nitrogen and oxygen atoms in total. The average Bonchev–Trinajstić information content (AvgIpc) is 3.07. The molecule has 2 fully saturated rings. The van der Waals surface area contributed by atoms with E-state index in [1.54, 1.807) is 0 Å². The second-order valence-electron chi connectivity index (χ2n) is 7.09. The van der Waals surface area contributed by atoms with Gasteiger partial charge in [-0.15, -0.1) is 0 Å². The average molecular weight is 277 g/mol. The van der Waals surface area contributed by atoms with Crippen LogP contribution in [-0.2, 0) is 0 Å². The van der Waals surface area contributed by atoms with Gasteiger partial charge in [-0.2, -0.15) is 4.98 Å². The Labute approximate surface area is 121 Å². The van der Waals surface area contributed by atoms with E-state index in [1.165, 1.54) is 25.7 Å². The fourth-order valence-corrected chi connectivity index (χ4v) is 3.75. The van der Waals surface area contributed by atoms with Gasteiger partial charge >= 0.3 is 0 Å². The molecule has 4 heteroatoms. The molecule has 112 valence electrons. The number of hydrogen-bond donors (Lipinski definition) is 1. The summed E-state index contributed by atoms with van der Waals surface area (Å²) in [4.78, 5) is 4.72. The van der Waals surface area contributed by atoms with Gasteiger partial charge in [-0.1, -0.05) is 25.9 Å². The standard InChI is InChI=1S/C16H27N3O/c1-10(2)12-4-6-13(7-5-12)15-18-16(20-19-15)14-9-17-8-11(14)3/h10-14,17H,4-9H2,1-3H3. The molecule has 2 heterocycles. The smallest absolute Gasteiger partial charge is 0.231 e. The van der Waals surface area contributed by atoms with Crippen LogP contribution >= 0.6 is 0 Å². The van der Waals surface area contributed by atoms with E-state index in [0.29, 0.717) is 17.8 Å². The molecule has 0 aromatic carbocycles. The molecule has 1 aliphatic carbocycles. The zero-order valence-corrected chi connectivity index (χ0v) is 12.9. The van der Waals surface area contributed by atoms with Crippen LogP contribution in [0.25, 0.3) is 0 Å². The number of hydrogen-bond acceptors (Lipinski definition) is 4. The van der Waals surface area contributed by atoms with Gasteiger partial charge in [0.1, 0.15) is 0 Å². The molecule has 1 N–H and O–H groups in total. The minimum Gasteiger partial charge on any atom is -0.339 e. The maximum atomic E-state index is 5.55. The van der Waals surface area contributed by atoms with E-state index in [2.05, 4.69) is 31.2 Å². The first-order valence-electron chi connectivity index (χ1n) is 8.19. The van der Waals surface area contributed by atoms with Crippen LogP contribution in [0.4, 0.5) is 0 Å². The molecule has 1 aromatic heterocycles. The highest BCUT2D eigenvalue weighted by Gasteiger charge is 2.32. The first-order valence-corrected chi connectivity index (χ1v) is 8.19. The molecule has 0 spiro atoms. The summed E-state index contributed by atoms with van der Waals surface area (Å²) in [7, 11) is 0. The summed E-state index contributed by atoms with van der Waals surface area (Å²) < 4.78 is 5.55. The van der Waals surface area contributed by atoms with Crippen molar-refractivity contribution in [2.75, 3.05) is 13.1 Å². The van der Waals surface area contributed by atoms with E-state index in [1.807, 2.05) is 0 Å². The first-order chi connectivity index (χ1) is 9.65. The van der Waals surface area contributed by atoms with Crippen molar-refractivity contribution in [1.29, 1.82) is 0 Å². The SMILES string of the molecule is CC(C)C1CCC(c2noc(C3CNCC3C)n2)CC1. The normalized spacial score (nSPS) is 34.8. The molecule has 2 atom stereocenters. The Morgan fingerprint density at radius 1 is 1.15 bits per heavy atom. The zero-order chi connectivity index (χ0) is 14.1. The Morgan fingerprint density at radius 2 is 1.90 bits per heavy atom. The summed E-state index contributed by atoms with van der Waals surface area (Å²) in [6.45, 7) is 8.96. The van der Waals surface area contributed by atoms with Crippen molar-refractivity contribution in [1.82, 2.24) is 15.5 Å². The van der Waals surface area contributed by atoms with Crippen molar-refractivity contribution in [2.45, 2.75) is 58.3 Å². The van der Waals surface area contributed by atoms with E-state index >= 15 is 0 Å². The Kier molecular flexibility index (Phi) is 4.11. The van der Waals surface area contributed by atoms with Crippen LogP contribution in [0.2, 0.25) is 0 Å². The Bertz CT molecular complexity index is 435. The highest BCUT2D eigenvalue weighted by atomic mass is 16.5. The molecule has 0 amide bonds. The predicted octanol–water partition coefficient (Wildman–Crippen LogP) is 3.32. The largest absolute Gasteiger partial charge is 0.339 e. The molecule has 1 saturated heterocycles. The summed E-state index contributed by atoms with van der Waals surface area (Å²) in [5.74, 6) is 5.03. The fourth-order valence-electron chi connectivity index (χ4n) is 3.75. The number of rotatable bonds is 3. The number of nitrogens with zero attached hydrogens (tertiary/aromatic N) is 2. The zero-order valence-electron chi connectivity index (χ0n) is 12.9. The quantitative estimate of drug-likeness (QED) is 0.920. The van der Waals surface area contributed by atoms with E-state index in [4.69, 9.17) is 9.51 Å². The van der Waals surface area contributed by atoms with Gasteiger partial charge in [-0.05, 0) is 50.0 Å². The minimum absolute atomic E-state index is 0.406. The molecule has 1 aliphatic heterocycles. The van der Waals surface area contributed by atoms with Crippen molar-refractivity contribution >= 4 is 0 Å². The van der Waals surface area contributed by atoms with E-state index < -0.39 is 0 Å². The molecule has 3 rings (SSSR count). The van der Waals surface area contributed by atoms with E-state index in [-0.39, 0.29) is 0 Å². The summed E-state index contributed by atoms with van der Waals surface area (Å²) in [5, 5.41) is 7.67. The molecule has 1 aromatic rings. The second-order valence-corrected chi connectivity index (χ2v) is 7.09. The molecule has 2 aliphatic rings. The summed E-state index contributed by atoms with van der Waals surface area (Å²) in [6.07, 6.45) is 5.07. The monoisotopic (exact) mass is 277 g/mol. The Hall–Kier alpha value is -0.900. The third-order valence-corrected chi connectivity index (χ3v) is 5.37. The molecule has 0 radical (unpaired) electrons. The lowest BCUT2D eigenvalue weighted by molar-refractivity contribution is 0.251. The van der Waals surface area contributed by atoms with Gasteiger partial charge in [0.05, 0.1) is 5.92 Å². The van der Waals surface area contributed by atoms with Crippen molar-refractivity contribution in [2.24, 2.45) is 17.8 Å². The lowest BCUT2D eigenvalue weighted by atomic mass is 9.77. The van der Waals surface area contributed by atoms with Crippen LogP contribution in [-0.4, -0.2) is 23.2 Å². The van der Waals surface area contributed by atoms with Gasteiger partial charge in [-0.25, -0.2) is 0 Å². The van der Waals surface area contributed by atoms with Crippen LogP contribution in [0.5, 0.6) is 0 Å². The van der Waals surface area contributed by atoms with Crippen LogP contribution in [0.15, 0.2) is 4.52 Å². The summed E-state index contributed by atoms with van der Waals surface area (Å²) in [6, 6.07) is 0. The van der Waals surface area contributed by atoms with Gasteiger partial charge in [0.25, 0.3) is 0 Å². The molecule has 20 heavy (non-hydrogen) atoms. The van der Waals surface area contributed by atoms with Crippen molar-refractivity contribution in [3.8, 4) is 0 Å². The minimum atomic E-state index is 0.406. The van der Waals surface area contributed by atoms with E-state index in [0.717, 1.165) is 36.6 Å². The van der Waals surface area contributed by atoms with Crippen molar-refractivity contribution in [3.05, 3.63) is 11.7 Å². The molecule has 1 saturated carbocycles. The Morgan fingerprint density at radius 3 is 2.50 bits per heavy atom. The van der Waals surface area contributed by atoms with Crippen LogP contribution < -0.4 is 5.32 Å². The van der Waals surface area contributed by atoms with Gasteiger partial charge in [0.2, 0.25) is 5.89 Å². The second kappa shape index (κ2) is 5.84. The van der Waals surface area contributed by atoms with E-state index in [9.17, 15) is 0 Å². The topological polar surface area (TPSA) is 51.0 Å². The maximum Gasteiger partial charge on any atom is 0.231 e. The van der Waals surface area contributed by atoms with Gasteiger partial charge in [0.15, 0.2) is 5.82 Å². The first kappa shape index (κ1) is 14.1. The van der Waals surface area contributed by atoms with Crippen molar-refractivity contribution in [3.63, 3.8) is 0 Å². The summed E-state index contributed by atoms with van der Waals surface area (Å²) >= 11 is 0. The number of nitrogens with one attached hydrogen (secondary N) is 1. The molecule has 0 bridgehead atoms. The lowest BCUT2D eigenvalue weighted by Gasteiger charge is -2.29. The third-order valence-electron chi connectivity index (χ3n) is 5.37. The molecular formula is C16H27N3O. The number of aromatic nitrogens is 2. The molecule has 2 unspecified atom stereocenters. The highest BCUT2D eigenvalue weighted by molar-refractivity contribution is 5.04. The van der Waals surface area contributed by atoms with Crippen molar-refractivity contribution < 1.29 is 4.52 Å². The maximum absolute atomic E-state index is 5.55. The van der Waals surface area contributed by atoms with Crippen LogP contribution in [0.3, 0.4) is 0 Å². The van der Waals surface area contributed by atoms with Gasteiger partial charge in [0, 0.05) is 12.5 Å².